The van der Waals surface area contributed by atoms with E-state index >= 15 is 0 Å². The Bertz CT molecular complexity index is 1230. The van der Waals surface area contributed by atoms with Crippen LogP contribution in [0.3, 0.4) is 0 Å². The number of methoxy groups -OCH3 is 1. The minimum absolute atomic E-state index is 0.451. The molecular weight excluding hydrogens is 388 g/mol. The SMILES string of the molecule is COc1cccc2c1-c1ccc(NS(C)(=O)=O)cc1C(c1ccc(C#N)cc1)O2. The normalized spacial score (nSPS) is 14.7. The second kappa shape index (κ2) is 7.15. The molecule has 1 aliphatic rings. The average Bonchev–Trinajstić information content (AvgIpc) is 2.71. The van der Waals surface area contributed by atoms with Gasteiger partial charge in [0.2, 0.25) is 10.0 Å². The Morgan fingerprint density at radius 1 is 1.10 bits per heavy atom. The van der Waals surface area contributed by atoms with Gasteiger partial charge < -0.3 is 9.47 Å². The second-order valence-electron chi connectivity index (χ2n) is 6.74. The first-order chi connectivity index (χ1) is 13.9. The summed E-state index contributed by atoms with van der Waals surface area (Å²) < 4.78 is 37.7. The average molecular weight is 406 g/mol. The van der Waals surface area contributed by atoms with Crippen molar-refractivity contribution in [3.63, 3.8) is 0 Å². The van der Waals surface area contributed by atoms with E-state index in [1.807, 2.05) is 36.4 Å². The summed E-state index contributed by atoms with van der Waals surface area (Å²) in [6.07, 6.45) is 0.651. The van der Waals surface area contributed by atoms with E-state index in [1.54, 1.807) is 31.4 Å². The maximum absolute atomic E-state index is 11.7. The number of rotatable bonds is 4. The van der Waals surface area contributed by atoms with Crippen molar-refractivity contribution >= 4 is 15.7 Å². The van der Waals surface area contributed by atoms with E-state index in [0.717, 1.165) is 28.5 Å². The van der Waals surface area contributed by atoms with E-state index in [4.69, 9.17) is 14.7 Å². The Hall–Kier alpha value is -3.50. The first kappa shape index (κ1) is 18.8. The van der Waals surface area contributed by atoms with Crippen LogP contribution >= 0.6 is 0 Å². The zero-order chi connectivity index (χ0) is 20.6. The Balaban J connectivity index is 1.91. The summed E-state index contributed by atoms with van der Waals surface area (Å²) in [6, 6.07) is 20.2. The molecule has 3 aromatic rings. The van der Waals surface area contributed by atoms with E-state index in [-0.39, 0.29) is 0 Å². The fourth-order valence-electron chi connectivity index (χ4n) is 3.50. The van der Waals surface area contributed by atoms with E-state index in [1.165, 1.54) is 0 Å². The van der Waals surface area contributed by atoms with Crippen LogP contribution in [0.4, 0.5) is 5.69 Å². The maximum atomic E-state index is 11.7. The Morgan fingerprint density at radius 2 is 1.86 bits per heavy atom. The third-order valence-corrected chi connectivity index (χ3v) is 5.31. The van der Waals surface area contributed by atoms with Crippen molar-refractivity contribution in [2.75, 3.05) is 18.1 Å². The molecule has 0 aromatic heterocycles. The predicted molar refractivity (Wildman–Crippen MR) is 111 cm³/mol. The van der Waals surface area contributed by atoms with Crippen molar-refractivity contribution in [2.24, 2.45) is 0 Å². The van der Waals surface area contributed by atoms with Crippen LogP contribution in [0.25, 0.3) is 11.1 Å². The van der Waals surface area contributed by atoms with Gasteiger partial charge in [-0.1, -0.05) is 24.3 Å². The van der Waals surface area contributed by atoms with Crippen LogP contribution in [0.1, 0.15) is 22.8 Å². The molecule has 1 aliphatic heterocycles. The van der Waals surface area contributed by atoms with Gasteiger partial charge in [0, 0.05) is 11.3 Å². The van der Waals surface area contributed by atoms with Crippen molar-refractivity contribution in [2.45, 2.75) is 6.10 Å². The summed E-state index contributed by atoms with van der Waals surface area (Å²) in [4.78, 5) is 0. The summed E-state index contributed by atoms with van der Waals surface area (Å²) in [5, 5.41) is 9.07. The molecule has 1 atom stereocenters. The number of benzene rings is 3. The molecule has 0 aliphatic carbocycles. The minimum atomic E-state index is -3.42. The van der Waals surface area contributed by atoms with Gasteiger partial charge in [0.05, 0.1) is 30.6 Å². The molecule has 0 fully saturated rings. The molecule has 0 radical (unpaired) electrons. The van der Waals surface area contributed by atoms with E-state index in [0.29, 0.717) is 22.7 Å². The number of nitriles is 1. The molecule has 146 valence electrons. The lowest BCUT2D eigenvalue weighted by atomic mass is 9.88. The van der Waals surface area contributed by atoms with Gasteiger partial charge in [-0.3, -0.25) is 4.72 Å². The molecule has 0 amide bonds. The van der Waals surface area contributed by atoms with E-state index in [9.17, 15) is 8.42 Å². The van der Waals surface area contributed by atoms with Crippen molar-refractivity contribution in [1.29, 1.82) is 5.26 Å². The van der Waals surface area contributed by atoms with Crippen LogP contribution in [0.2, 0.25) is 0 Å². The van der Waals surface area contributed by atoms with E-state index in [2.05, 4.69) is 10.8 Å². The molecule has 0 spiro atoms. The molecule has 29 heavy (non-hydrogen) atoms. The summed E-state index contributed by atoms with van der Waals surface area (Å²) in [7, 11) is -1.82. The topological polar surface area (TPSA) is 88.4 Å². The van der Waals surface area contributed by atoms with Gasteiger partial charge in [0.15, 0.2) is 0 Å². The quantitative estimate of drug-likeness (QED) is 0.705. The van der Waals surface area contributed by atoms with Crippen molar-refractivity contribution in [1.82, 2.24) is 0 Å². The second-order valence-corrected chi connectivity index (χ2v) is 8.49. The van der Waals surface area contributed by atoms with Gasteiger partial charge in [-0.25, -0.2) is 8.42 Å². The predicted octanol–water partition coefficient (Wildman–Crippen LogP) is 4.09. The van der Waals surface area contributed by atoms with Crippen LogP contribution in [0.15, 0.2) is 60.7 Å². The third-order valence-electron chi connectivity index (χ3n) is 4.70. The highest BCUT2D eigenvalue weighted by Gasteiger charge is 2.30. The number of fused-ring (bicyclic) bond motifs is 3. The highest BCUT2D eigenvalue weighted by atomic mass is 32.2. The van der Waals surface area contributed by atoms with Gasteiger partial charge in [0.1, 0.15) is 17.6 Å². The minimum Gasteiger partial charge on any atom is -0.496 e. The largest absolute Gasteiger partial charge is 0.496 e. The zero-order valence-electron chi connectivity index (χ0n) is 15.8. The highest BCUT2D eigenvalue weighted by Crippen LogP contribution is 2.49. The lowest BCUT2D eigenvalue weighted by molar-refractivity contribution is 0.242. The van der Waals surface area contributed by atoms with Gasteiger partial charge >= 0.3 is 0 Å². The molecular formula is C22H18N2O4S. The molecule has 0 saturated heterocycles. The van der Waals surface area contributed by atoms with Gasteiger partial charge in [-0.15, -0.1) is 0 Å². The molecule has 6 nitrogen and oxygen atoms in total. The molecule has 0 bridgehead atoms. The standard InChI is InChI=1S/C22H18N2O4S/c1-27-19-4-3-5-20-21(19)17-11-10-16(24-29(2,25)26)12-18(17)22(28-20)15-8-6-14(13-23)7-9-15/h3-12,22,24H,1-2H3. The third kappa shape index (κ3) is 3.62. The van der Waals surface area contributed by atoms with Crippen molar-refractivity contribution < 1.29 is 17.9 Å². The number of anilines is 1. The van der Waals surface area contributed by atoms with Crippen LogP contribution in [0, 0.1) is 11.3 Å². The lowest BCUT2D eigenvalue weighted by Gasteiger charge is -2.30. The van der Waals surface area contributed by atoms with Crippen molar-refractivity contribution in [3.05, 3.63) is 77.4 Å². The Kier molecular flexibility index (Phi) is 4.65. The molecule has 1 heterocycles. The number of hydrogen-bond acceptors (Lipinski definition) is 5. The Labute approximate surface area is 169 Å². The summed E-state index contributed by atoms with van der Waals surface area (Å²) in [6.45, 7) is 0. The molecule has 4 rings (SSSR count). The monoisotopic (exact) mass is 406 g/mol. The highest BCUT2D eigenvalue weighted by molar-refractivity contribution is 7.92. The van der Waals surface area contributed by atoms with Crippen LogP contribution in [0.5, 0.6) is 11.5 Å². The number of nitrogens with one attached hydrogen (secondary N) is 1. The first-order valence-corrected chi connectivity index (χ1v) is 10.7. The molecule has 1 N–H and O–H groups in total. The molecule has 0 saturated carbocycles. The van der Waals surface area contributed by atoms with E-state index < -0.39 is 16.1 Å². The Morgan fingerprint density at radius 3 is 2.52 bits per heavy atom. The van der Waals surface area contributed by atoms with Crippen LogP contribution < -0.4 is 14.2 Å². The fourth-order valence-corrected chi connectivity index (χ4v) is 4.06. The fraction of sp³-hybridized carbons (Fsp3) is 0.136. The summed E-state index contributed by atoms with van der Waals surface area (Å²) >= 11 is 0. The molecule has 1 unspecified atom stereocenters. The molecule has 7 heteroatoms. The number of hydrogen-bond donors (Lipinski definition) is 1. The number of ether oxygens (including phenoxy) is 2. The zero-order valence-corrected chi connectivity index (χ0v) is 16.7. The lowest BCUT2D eigenvalue weighted by Crippen LogP contribution is -2.17. The summed E-state index contributed by atoms with van der Waals surface area (Å²) in [5.41, 5.74) is 4.39. The van der Waals surface area contributed by atoms with Gasteiger partial charge in [0.25, 0.3) is 0 Å². The van der Waals surface area contributed by atoms with Crippen molar-refractivity contribution in [3.8, 4) is 28.7 Å². The first-order valence-electron chi connectivity index (χ1n) is 8.85. The smallest absolute Gasteiger partial charge is 0.229 e. The van der Waals surface area contributed by atoms with Crippen LogP contribution in [-0.2, 0) is 10.0 Å². The molecule has 3 aromatic carbocycles. The number of sulfonamides is 1. The number of nitrogens with zero attached hydrogens (tertiary/aromatic N) is 1. The van der Waals surface area contributed by atoms with Gasteiger partial charge in [-0.05, 0) is 47.5 Å². The summed E-state index contributed by atoms with van der Waals surface area (Å²) in [5.74, 6) is 1.35. The van der Waals surface area contributed by atoms with Gasteiger partial charge in [-0.2, -0.15) is 5.26 Å². The van der Waals surface area contributed by atoms with Crippen LogP contribution in [-0.4, -0.2) is 21.8 Å². The maximum Gasteiger partial charge on any atom is 0.229 e.